The molecule has 156 valence electrons. The summed E-state index contributed by atoms with van der Waals surface area (Å²) < 4.78 is 30.7. The van der Waals surface area contributed by atoms with Crippen molar-refractivity contribution in [3.63, 3.8) is 0 Å². The van der Waals surface area contributed by atoms with Gasteiger partial charge in [-0.2, -0.15) is 0 Å². The third kappa shape index (κ3) is 5.05. The van der Waals surface area contributed by atoms with E-state index in [1.165, 1.54) is 24.1 Å². The molecule has 2 amide bonds. The fraction of sp³-hybridized carbons (Fsp3) is 0.600. The van der Waals surface area contributed by atoms with Crippen LogP contribution < -0.4 is 10.1 Å². The molecule has 1 fully saturated rings. The van der Waals surface area contributed by atoms with Gasteiger partial charge in [0.25, 0.3) is 0 Å². The summed E-state index contributed by atoms with van der Waals surface area (Å²) in [5, 5.41) is 2.74. The van der Waals surface area contributed by atoms with Gasteiger partial charge in [0.2, 0.25) is 0 Å². The number of carbonyl (C=O) groups is 2. The lowest BCUT2D eigenvalue weighted by atomic mass is 9.81. The normalized spacial score (nSPS) is 16.1. The van der Waals surface area contributed by atoms with E-state index in [1.54, 1.807) is 47.6 Å². The maximum atomic E-state index is 14.7. The van der Waals surface area contributed by atoms with Crippen LogP contribution in [0.25, 0.3) is 0 Å². The summed E-state index contributed by atoms with van der Waals surface area (Å²) in [6.07, 6.45) is -1.24. The Morgan fingerprint density at radius 1 is 1.07 bits per heavy atom. The lowest BCUT2D eigenvalue weighted by Gasteiger charge is -2.50. The maximum Gasteiger partial charge on any atom is 0.410 e. The van der Waals surface area contributed by atoms with Crippen molar-refractivity contribution in [3.8, 4) is 5.75 Å². The zero-order valence-electron chi connectivity index (χ0n) is 17.5. The number of likely N-dealkylation sites (tertiary alicyclic amines) is 1. The van der Waals surface area contributed by atoms with Crippen LogP contribution in [0, 0.1) is 5.82 Å². The van der Waals surface area contributed by atoms with Crippen molar-refractivity contribution in [2.75, 3.05) is 20.2 Å². The van der Waals surface area contributed by atoms with E-state index in [1.807, 2.05) is 0 Å². The molecule has 0 unspecified atom stereocenters. The molecule has 1 heterocycles. The molecular weight excluding hydrogens is 367 g/mol. The van der Waals surface area contributed by atoms with Gasteiger partial charge in [0, 0.05) is 0 Å². The van der Waals surface area contributed by atoms with Crippen molar-refractivity contribution in [1.29, 1.82) is 0 Å². The molecular formula is C20H29FN2O5. The first-order chi connectivity index (χ1) is 12.8. The van der Waals surface area contributed by atoms with Crippen molar-refractivity contribution in [2.45, 2.75) is 58.3 Å². The molecule has 0 spiro atoms. The monoisotopic (exact) mass is 396 g/mol. The van der Waals surface area contributed by atoms with E-state index < -0.39 is 34.7 Å². The van der Waals surface area contributed by atoms with E-state index in [-0.39, 0.29) is 24.4 Å². The van der Waals surface area contributed by atoms with Gasteiger partial charge in [0.1, 0.15) is 28.3 Å². The Kier molecular flexibility index (Phi) is 5.82. The highest BCUT2D eigenvalue weighted by Gasteiger charge is 2.52. The highest BCUT2D eigenvalue weighted by atomic mass is 19.1. The number of carbonyl (C=O) groups excluding carboxylic acids is 2. The standard InChI is InChI=1S/C20H29FN2O5/c1-18(2,3)27-16(24)22-20(15-13(21)9-8-10-14(15)26-7)11-23(12-20)17(25)28-19(4,5)6/h8-10H,11-12H2,1-7H3,(H,22,24). The van der Waals surface area contributed by atoms with Crippen LogP contribution in [-0.2, 0) is 15.0 Å². The van der Waals surface area contributed by atoms with Crippen molar-refractivity contribution < 1.29 is 28.2 Å². The second-order valence-electron chi connectivity index (χ2n) is 8.86. The van der Waals surface area contributed by atoms with Gasteiger partial charge in [-0.1, -0.05) is 6.07 Å². The topological polar surface area (TPSA) is 77.1 Å². The number of nitrogens with one attached hydrogen (secondary N) is 1. The summed E-state index contributed by atoms with van der Waals surface area (Å²) in [7, 11) is 1.42. The molecule has 7 nitrogen and oxygen atoms in total. The van der Waals surface area contributed by atoms with E-state index in [4.69, 9.17) is 14.2 Å². The Labute approximate surface area is 165 Å². The molecule has 0 saturated carbocycles. The minimum atomic E-state index is -1.18. The fourth-order valence-electron chi connectivity index (χ4n) is 3.00. The zero-order valence-corrected chi connectivity index (χ0v) is 17.5. The van der Waals surface area contributed by atoms with Crippen LogP contribution in [0.3, 0.4) is 0 Å². The summed E-state index contributed by atoms with van der Waals surface area (Å²) >= 11 is 0. The number of nitrogens with zero attached hydrogens (tertiary/aromatic N) is 1. The van der Waals surface area contributed by atoms with Gasteiger partial charge in [-0.3, -0.25) is 0 Å². The second kappa shape index (κ2) is 7.48. The number of ether oxygens (including phenoxy) is 3. The summed E-state index contributed by atoms with van der Waals surface area (Å²) in [6, 6.07) is 4.41. The minimum Gasteiger partial charge on any atom is -0.496 e. The van der Waals surface area contributed by atoms with Gasteiger partial charge >= 0.3 is 12.2 Å². The van der Waals surface area contributed by atoms with Crippen molar-refractivity contribution in [3.05, 3.63) is 29.6 Å². The third-order valence-electron chi connectivity index (χ3n) is 3.99. The molecule has 0 aliphatic carbocycles. The van der Waals surface area contributed by atoms with Crippen molar-refractivity contribution in [1.82, 2.24) is 10.2 Å². The molecule has 28 heavy (non-hydrogen) atoms. The molecule has 8 heteroatoms. The number of hydrogen-bond acceptors (Lipinski definition) is 5. The molecule has 1 aliphatic heterocycles. The Morgan fingerprint density at radius 3 is 2.14 bits per heavy atom. The largest absolute Gasteiger partial charge is 0.496 e. The van der Waals surface area contributed by atoms with Crippen LogP contribution in [0.4, 0.5) is 14.0 Å². The highest BCUT2D eigenvalue weighted by Crippen LogP contribution is 2.40. The molecule has 1 N–H and O–H groups in total. The third-order valence-corrected chi connectivity index (χ3v) is 3.99. The van der Waals surface area contributed by atoms with Gasteiger partial charge in [0.05, 0.1) is 25.8 Å². The lowest BCUT2D eigenvalue weighted by Crippen LogP contribution is -2.69. The molecule has 2 rings (SSSR count). The average molecular weight is 396 g/mol. The smallest absolute Gasteiger partial charge is 0.410 e. The molecule has 0 radical (unpaired) electrons. The highest BCUT2D eigenvalue weighted by molar-refractivity contribution is 5.74. The molecule has 1 aromatic carbocycles. The van der Waals surface area contributed by atoms with E-state index in [2.05, 4.69) is 5.32 Å². The van der Waals surface area contributed by atoms with Gasteiger partial charge < -0.3 is 24.4 Å². The number of halogens is 1. The maximum absolute atomic E-state index is 14.7. The molecule has 0 bridgehead atoms. The summed E-state index contributed by atoms with van der Waals surface area (Å²) in [5.41, 5.74) is -2.40. The number of alkyl carbamates (subject to hydrolysis) is 1. The van der Waals surface area contributed by atoms with Crippen LogP contribution in [0.15, 0.2) is 18.2 Å². The first-order valence-corrected chi connectivity index (χ1v) is 9.08. The van der Waals surface area contributed by atoms with Crippen LogP contribution in [0.1, 0.15) is 47.1 Å². The summed E-state index contributed by atoms with van der Waals surface area (Å²) in [4.78, 5) is 26.2. The van der Waals surface area contributed by atoms with Crippen LogP contribution in [0.5, 0.6) is 5.75 Å². The molecule has 1 aliphatic rings. The number of amides is 2. The van der Waals surface area contributed by atoms with Crippen LogP contribution in [0.2, 0.25) is 0 Å². The summed E-state index contributed by atoms with van der Waals surface area (Å²) in [5.74, 6) is -0.265. The SMILES string of the molecule is COc1cccc(F)c1C1(NC(=O)OC(C)(C)C)CN(C(=O)OC(C)(C)C)C1. The second-order valence-corrected chi connectivity index (χ2v) is 8.86. The number of methoxy groups -OCH3 is 1. The Bertz CT molecular complexity index is 746. The van der Waals surface area contributed by atoms with Crippen LogP contribution >= 0.6 is 0 Å². The predicted octanol–water partition coefficient (Wildman–Crippen LogP) is 3.81. The van der Waals surface area contributed by atoms with Crippen molar-refractivity contribution in [2.24, 2.45) is 0 Å². The first kappa shape index (κ1) is 21.8. The van der Waals surface area contributed by atoms with Gasteiger partial charge in [-0.25, -0.2) is 14.0 Å². The van der Waals surface area contributed by atoms with E-state index in [9.17, 15) is 14.0 Å². The summed E-state index contributed by atoms with van der Waals surface area (Å²) in [6.45, 7) is 10.5. The van der Waals surface area contributed by atoms with Crippen LogP contribution in [-0.4, -0.2) is 48.5 Å². The Balaban J connectivity index is 2.32. The Hall–Kier alpha value is -2.51. The molecule has 0 aromatic heterocycles. The van der Waals surface area contributed by atoms with Crippen molar-refractivity contribution >= 4 is 12.2 Å². The van der Waals surface area contributed by atoms with Gasteiger partial charge in [-0.15, -0.1) is 0 Å². The predicted molar refractivity (Wildman–Crippen MR) is 102 cm³/mol. The first-order valence-electron chi connectivity index (χ1n) is 9.08. The number of rotatable bonds is 3. The number of hydrogen-bond donors (Lipinski definition) is 1. The number of benzene rings is 1. The van der Waals surface area contributed by atoms with E-state index >= 15 is 0 Å². The average Bonchev–Trinajstić information content (AvgIpc) is 2.46. The van der Waals surface area contributed by atoms with Gasteiger partial charge in [0.15, 0.2) is 0 Å². The fourth-order valence-corrected chi connectivity index (χ4v) is 3.00. The molecule has 1 saturated heterocycles. The Morgan fingerprint density at radius 2 is 1.64 bits per heavy atom. The van der Waals surface area contributed by atoms with Gasteiger partial charge in [-0.05, 0) is 53.7 Å². The van der Waals surface area contributed by atoms with E-state index in [0.29, 0.717) is 0 Å². The van der Waals surface area contributed by atoms with E-state index in [0.717, 1.165) is 0 Å². The lowest BCUT2D eigenvalue weighted by molar-refractivity contribution is -0.0243. The molecule has 0 atom stereocenters. The zero-order chi connectivity index (χ0) is 21.3. The molecule has 1 aromatic rings. The minimum absolute atomic E-state index is 0.0262. The quantitative estimate of drug-likeness (QED) is 0.841.